The van der Waals surface area contributed by atoms with E-state index in [4.69, 9.17) is 4.74 Å². The van der Waals surface area contributed by atoms with Crippen LogP contribution in [0.5, 0.6) is 0 Å². The third-order valence-electron chi connectivity index (χ3n) is 5.05. The molecule has 3 fully saturated rings. The normalized spacial score (nSPS) is 35.5. The number of fused-ring (bicyclic) bond motifs is 2. The molecule has 0 radical (unpaired) electrons. The van der Waals surface area contributed by atoms with Crippen LogP contribution in [0.1, 0.15) is 32.1 Å². The van der Waals surface area contributed by atoms with Gasteiger partial charge in [-0.05, 0) is 58.2 Å². The zero-order chi connectivity index (χ0) is 13.9. The summed E-state index contributed by atoms with van der Waals surface area (Å²) in [5, 5.41) is 7.05. The lowest BCUT2D eigenvalue weighted by Gasteiger charge is -2.30. The molecular weight excluding hydrogens is 252 g/mol. The fourth-order valence-corrected chi connectivity index (χ4v) is 3.67. The molecule has 2 bridgehead atoms. The molecule has 114 valence electrons. The zero-order valence-corrected chi connectivity index (χ0v) is 12.8. The Bertz CT molecular complexity index is 352. The van der Waals surface area contributed by atoms with Crippen LogP contribution in [0.2, 0.25) is 0 Å². The first kappa shape index (κ1) is 14.1. The van der Waals surface area contributed by atoms with Gasteiger partial charge < -0.3 is 20.3 Å². The molecule has 3 atom stereocenters. The number of hydrogen-bond donors (Lipinski definition) is 2. The number of ether oxygens (including phenoxy) is 1. The number of rotatable bonds is 3. The Kier molecular flexibility index (Phi) is 4.46. The smallest absolute Gasteiger partial charge is 0.191 e. The summed E-state index contributed by atoms with van der Waals surface area (Å²) in [6.07, 6.45) is 7.06. The number of guanidine groups is 1. The van der Waals surface area contributed by atoms with Crippen molar-refractivity contribution in [1.29, 1.82) is 0 Å². The predicted molar refractivity (Wildman–Crippen MR) is 81.0 cm³/mol. The van der Waals surface area contributed by atoms with Crippen molar-refractivity contribution in [2.75, 3.05) is 33.7 Å². The van der Waals surface area contributed by atoms with Gasteiger partial charge in [0.15, 0.2) is 5.96 Å². The minimum Gasteiger partial charge on any atom is -0.373 e. The molecule has 5 heteroatoms. The number of likely N-dealkylation sites (tertiary alicyclic amines) is 1. The highest BCUT2D eigenvalue weighted by Gasteiger charge is 2.41. The van der Waals surface area contributed by atoms with Crippen LogP contribution in [-0.4, -0.2) is 62.8 Å². The third-order valence-corrected chi connectivity index (χ3v) is 5.05. The second-order valence-electron chi connectivity index (χ2n) is 6.56. The molecule has 0 amide bonds. The topological polar surface area (TPSA) is 48.9 Å². The number of piperidine rings is 1. The van der Waals surface area contributed by atoms with Gasteiger partial charge in [-0.25, -0.2) is 0 Å². The van der Waals surface area contributed by atoms with Crippen LogP contribution in [-0.2, 0) is 4.74 Å². The van der Waals surface area contributed by atoms with Crippen molar-refractivity contribution in [2.24, 2.45) is 10.9 Å². The van der Waals surface area contributed by atoms with E-state index in [-0.39, 0.29) is 0 Å². The molecule has 0 spiro atoms. The first-order valence-corrected chi connectivity index (χ1v) is 8.06. The Morgan fingerprint density at radius 1 is 1.25 bits per heavy atom. The Balaban J connectivity index is 1.41. The Morgan fingerprint density at radius 3 is 2.65 bits per heavy atom. The highest BCUT2D eigenvalue weighted by Crippen LogP contribution is 2.34. The van der Waals surface area contributed by atoms with Crippen molar-refractivity contribution in [3.8, 4) is 0 Å². The second-order valence-corrected chi connectivity index (χ2v) is 6.56. The lowest BCUT2D eigenvalue weighted by Crippen LogP contribution is -2.49. The molecule has 3 aliphatic heterocycles. The molecule has 3 aliphatic rings. The van der Waals surface area contributed by atoms with Crippen LogP contribution >= 0.6 is 0 Å². The first-order chi connectivity index (χ1) is 9.74. The molecule has 0 aromatic heterocycles. The molecule has 0 aromatic rings. The standard InChI is InChI=1S/C15H28N4O/c1-16-15(17-10-11-5-7-19(2)8-6-11)18-13-9-12-3-4-14(13)20-12/h11-14H,3-10H2,1-2H3,(H2,16,17,18). The van der Waals surface area contributed by atoms with Crippen LogP contribution in [0.4, 0.5) is 0 Å². The molecule has 20 heavy (non-hydrogen) atoms. The van der Waals surface area contributed by atoms with Gasteiger partial charge in [0.05, 0.1) is 18.2 Å². The first-order valence-electron chi connectivity index (χ1n) is 8.06. The van der Waals surface area contributed by atoms with Crippen molar-refractivity contribution in [3.05, 3.63) is 0 Å². The molecule has 5 nitrogen and oxygen atoms in total. The molecule has 0 saturated carbocycles. The van der Waals surface area contributed by atoms with Crippen LogP contribution in [0.25, 0.3) is 0 Å². The number of nitrogens with one attached hydrogen (secondary N) is 2. The third kappa shape index (κ3) is 3.26. The predicted octanol–water partition coefficient (Wildman–Crippen LogP) is 0.813. The largest absolute Gasteiger partial charge is 0.373 e. The fourth-order valence-electron chi connectivity index (χ4n) is 3.67. The zero-order valence-electron chi connectivity index (χ0n) is 12.8. The monoisotopic (exact) mass is 280 g/mol. The summed E-state index contributed by atoms with van der Waals surface area (Å²) in [7, 11) is 4.07. The maximum Gasteiger partial charge on any atom is 0.191 e. The SMILES string of the molecule is CN=C(NCC1CCN(C)CC1)NC1CC2CCC1O2. The van der Waals surface area contributed by atoms with E-state index < -0.39 is 0 Å². The lowest BCUT2D eigenvalue weighted by atomic mass is 9.95. The lowest BCUT2D eigenvalue weighted by molar-refractivity contribution is 0.0992. The van der Waals surface area contributed by atoms with E-state index in [1.54, 1.807) is 0 Å². The highest BCUT2D eigenvalue weighted by molar-refractivity contribution is 5.80. The number of aliphatic imine (C=N–C) groups is 1. The molecular formula is C15H28N4O. The summed E-state index contributed by atoms with van der Waals surface area (Å²) in [4.78, 5) is 6.78. The van der Waals surface area contributed by atoms with E-state index in [0.29, 0.717) is 18.2 Å². The van der Waals surface area contributed by atoms with Crippen molar-refractivity contribution < 1.29 is 4.74 Å². The molecule has 3 unspecified atom stereocenters. The maximum atomic E-state index is 5.89. The summed E-state index contributed by atoms with van der Waals surface area (Å²) >= 11 is 0. The van der Waals surface area contributed by atoms with Gasteiger partial charge in [-0.15, -0.1) is 0 Å². The molecule has 0 aromatic carbocycles. The van der Waals surface area contributed by atoms with E-state index in [1.807, 2.05) is 7.05 Å². The average Bonchev–Trinajstić information content (AvgIpc) is 3.07. The van der Waals surface area contributed by atoms with Crippen molar-refractivity contribution in [3.63, 3.8) is 0 Å². The Morgan fingerprint density at radius 2 is 2.05 bits per heavy atom. The van der Waals surface area contributed by atoms with Crippen molar-refractivity contribution in [2.45, 2.75) is 50.4 Å². The minimum atomic E-state index is 0.405. The van der Waals surface area contributed by atoms with E-state index in [1.165, 1.54) is 38.8 Å². The number of hydrogen-bond acceptors (Lipinski definition) is 3. The maximum absolute atomic E-state index is 5.89. The van der Waals surface area contributed by atoms with Gasteiger partial charge in [0.25, 0.3) is 0 Å². The van der Waals surface area contributed by atoms with Gasteiger partial charge in [0.2, 0.25) is 0 Å². The van der Waals surface area contributed by atoms with E-state index in [9.17, 15) is 0 Å². The van der Waals surface area contributed by atoms with Crippen molar-refractivity contribution >= 4 is 5.96 Å². The summed E-state index contributed by atoms with van der Waals surface area (Å²) in [6.45, 7) is 3.48. The van der Waals surface area contributed by atoms with E-state index in [0.717, 1.165) is 24.8 Å². The second kappa shape index (κ2) is 6.31. The van der Waals surface area contributed by atoms with Crippen molar-refractivity contribution in [1.82, 2.24) is 15.5 Å². The summed E-state index contributed by atoms with van der Waals surface area (Å²) in [5.74, 6) is 1.73. The minimum absolute atomic E-state index is 0.405. The Labute approximate surface area is 122 Å². The van der Waals surface area contributed by atoms with E-state index >= 15 is 0 Å². The van der Waals surface area contributed by atoms with Gasteiger partial charge in [0.1, 0.15) is 0 Å². The van der Waals surface area contributed by atoms with Crippen LogP contribution in [0.15, 0.2) is 4.99 Å². The van der Waals surface area contributed by atoms with Gasteiger partial charge in [-0.3, -0.25) is 4.99 Å². The van der Waals surface area contributed by atoms with Gasteiger partial charge in [-0.2, -0.15) is 0 Å². The van der Waals surface area contributed by atoms with Crippen LogP contribution < -0.4 is 10.6 Å². The highest BCUT2D eigenvalue weighted by atomic mass is 16.5. The van der Waals surface area contributed by atoms with Gasteiger partial charge in [0, 0.05) is 13.6 Å². The summed E-state index contributed by atoms with van der Waals surface area (Å²) < 4.78 is 5.89. The quantitative estimate of drug-likeness (QED) is 0.593. The van der Waals surface area contributed by atoms with E-state index in [2.05, 4.69) is 27.6 Å². The van der Waals surface area contributed by atoms with Gasteiger partial charge >= 0.3 is 0 Å². The Hall–Kier alpha value is -0.810. The molecule has 3 rings (SSSR count). The molecule has 3 saturated heterocycles. The molecule has 3 heterocycles. The van der Waals surface area contributed by atoms with Crippen LogP contribution in [0, 0.1) is 5.92 Å². The van der Waals surface area contributed by atoms with Gasteiger partial charge in [-0.1, -0.05) is 0 Å². The summed E-state index contributed by atoms with van der Waals surface area (Å²) in [5.41, 5.74) is 0. The fraction of sp³-hybridized carbons (Fsp3) is 0.933. The average molecular weight is 280 g/mol. The number of nitrogens with zero attached hydrogens (tertiary/aromatic N) is 2. The molecule has 2 N–H and O–H groups in total. The molecule has 0 aliphatic carbocycles. The summed E-state index contributed by atoms with van der Waals surface area (Å²) in [6, 6.07) is 0.456. The van der Waals surface area contributed by atoms with Crippen LogP contribution in [0.3, 0.4) is 0 Å².